The van der Waals surface area contributed by atoms with E-state index in [-0.39, 0.29) is 12.5 Å². The minimum Gasteiger partial charge on any atom is -0.497 e. The Balaban J connectivity index is 1.90. The molecule has 0 unspecified atom stereocenters. The van der Waals surface area contributed by atoms with Crippen LogP contribution in [0.15, 0.2) is 48.9 Å². The molecule has 0 spiro atoms. The van der Waals surface area contributed by atoms with Crippen LogP contribution in [0.3, 0.4) is 0 Å². The molecule has 0 fully saturated rings. The number of hydrazone groups is 1. The van der Waals surface area contributed by atoms with Gasteiger partial charge in [0.25, 0.3) is 5.91 Å². The first-order valence-corrected chi connectivity index (χ1v) is 9.63. The summed E-state index contributed by atoms with van der Waals surface area (Å²) in [5.41, 5.74) is 3.22. The van der Waals surface area contributed by atoms with Crippen molar-refractivity contribution in [3.8, 4) is 17.2 Å². The number of ether oxygens (including phenoxy) is 3. The van der Waals surface area contributed by atoms with Crippen molar-refractivity contribution >= 4 is 59.9 Å². The molecule has 26 heavy (non-hydrogen) atoms. The maximum atomic E-state index is 11.9. The summed E-state index contributed by atoms with van der Waals surface area (Å²) in [5, 5.41) is 3.91. The number of rotatable bonds is 7. The minimum atomic E-state index is -0.386. The lowest BCUT2D eigenvalue weighted by molar-refractivity contribution is -0.123. The zero-order chi connectivity index (χ0) is 19.1. The van der Waals surface area contributed by atoms with Crippen LogP contribution in [0.25, 0.3) is 0 Å². The molecule has 2 aromatic rings. The van der Waals surface area contributed by atoms with Gasteiger partial charge >= 0.3 is 0 Å². The minimum absolute atomic E-state index is 0.187. The van der Waals surface area contributed by atoms with Gasteiger partial charge in [-0.2, -0.15) is 5.10 Å². The Kier molecular flexibility index (Phi) is 7.92. The van der Waals surface area contributed by atoms with Gasteiger partial charge in [0.2, 0.25) is 0 Å². The Morgan fingerprint density at radius 2 is 1.77 bits per heavy atom. The van der Waals surface area contributed by atoms with Gasteiger partial charge in [0.1, 0.15) is 17.2 Å². The maximum absolute atomic E-state index is 11.9. The quantitative estimate of drug-likeness (QED) is 0.406. The highest BCUT2D eigenvalue weighted by molar-refractivity contribution is 9.11. The first-order chi connectivity index (χ1) is 12.4. The summed E-state index contributed by atoms with van der Waals surface area (Å²) in [7, 11) is 3.16. The van der Waals surface area contributed by atoms with Crippen LogP contribution in [0.4, 0.5) is 0 Å². The fourth-order valence-corrected chi connectivity index (χ4v) is 3.84. The molecule has 0 heterocycles. The number of benzene rings is 2. The van der Waals surface area contributed by atoms with E-state index in [4.69, 9.17) is 14.2 Å². The highest BCUT2D eigenvalue weighted by Gasteiger charge is 2.11. The Morgan fingerprint density at radius 3 is 2.35 bits per heavy atom. The second-order valence-corrected chi connectivity index (χ2v) is 7.46. The van der Waals surface area contributed by atoms with Gasteiger partial charge in [-0.05, 0) is 83.7 Å². The van der Waals surface area contributed by atoms with Crippen molar-refractivity contribution in [2.24, 2.45) is 5.10 Å². The molecule has 9 heteroatoms. The predicted octanol–water partition coefficient (Wildman–Crippen LogP) is 4.52. The summed E-state index contributed by atoms with van der Waals surface area (Å²) in [6.45, 7) is -0.187. The predicted molar refractivity (Wildman–Crippen MR) is 110 cm³/mol. The van der Waals surface area contributed by atoms with Crippen molar-refractivity contribution in [3.05, 3.63) is 49.3 Å². The SMILES string of the molecule is COc1cc(Br)c(OCC(=O)N/N=C\c2ccc(OC)c(Br)c2)c(Br)c1. The molecule has 0 saturated carbocycles. The maximum Gasteiger partial charge on any atom is 0.277 e. The molecule has 0 aliphatic carbocycles. The first-order valence-electron chi connectivity index (χ1n) is 7.26. The van der Waals surface area contributed by atoms with E-state index < -0.39 is 0 Å². The standard InChI is InChI=1S/C17H15Br3N2O4/c1-24-11-6-13(19)17(14(20)7-11)26-9-16(23)22-21-8-10-3-4-15(25-2)12(18)5-10/h3-8H,9H2,1-2H3,(H,22,23)/b21-8-. The lowest BCUT2D eigenvalue weighted by Crippen LogP contribution is -2.24. The highest BCUT2D eigenvalue weighted by atomic mass is 79.9. The van der Waals surface area contributed by atoms with Crippen LogP contribution in [0, 0.1) is 0 Å². The Hall–Kier alpha value is -1.58. The molecule has 2 rings (SSSR count). The van der Waals surface area contributed by atoms with E-state index >= 15 is 0 Å². The summed E-state index contributed by atoms with van der Waals surface area (Å²) < 4.78 is 18.0. The zero-order valence-corrected chi connectivity index (χ0v) is 18.6. The summed E-state index contributed by atoms with van der Waals surface area (Å²) in [5.74, 6) is 1.50. The molecular formula is C17H15Br3N2O4. The number of carbonyl (C=O) groups excluding carboxylic acids is 1. The van der Waals surface area contributed by atoms with Crippen LogP contribution in [-0.2, 0) is 4.79 Å². The van der Waals surface area contributed by atoms with Crippen LogP contribution >= 0.6 is 47.8 Å². The third kappa shape index (κ3) is 5.72. The van der Waals surface area contributed by atoms with E-state index in [1.165, 1.54) is 6.21 Å². The molecule has 6 nitrogen and oxygen atoms in total. The molecule has 0 bridgehead atoms. The molecular weight excluding hydrogens is 536 g/mol. The summed E-state index contributed by atoms with van der Waals surface area (Å²) in [6, 6.07) is 8.95. The van der Waals surface area contributed by atoms with E-state index in [0.29, 0.717) is 20.4 Å². The molecule has 1 amide bonds. The number of hydrogen-bond donors (Lipinski definition) is 1. The second kappa shape index (κ2) is 9.94. The number of halogens is 3. The number of nitrogens with one attached hydrogen (secondary N) is 1. The normalized spacial score (nSPS) is 10.7. The molecule has 2 aromatic carbocycles. The van der Waals surface area contributed by atoms with Gasteiger partial charge in [-0.25, -0.2) is 5.43 Å². The molecule has 0 radical (unpaired) electrons. The highest BCUT2D eigenvalue weighted by Crippen LogP contribution is 2.37. The van der Waals surface area contributed by atoms with Crippen LogP contribution in [-0.4, -0.2) is 32.9 Å². The number of amides is 1. The lowest BCUT2D eigenvalue weighted by Gasteiger charge is -2.11. The van der Waals surface area contributed by atoms with Crippen LogP contribution in [0.2, 0.25) is 0 Å². The molecule has 1 N–H and O–H groups in total. The smallest absolute Gasteiger partial charge is 0.277 e. The van der Waals surface area contributed by atoms with Crippen molar-refractivity contribution in [3.63, 3.8) is 0 Å². The van der Waals surface area contributed by atoms with Crippen molar-refractivity contribution < 1.29 is 19.0 Å². The third-order valence-corrected chi connectivity index (χ3v) is 4.93. The van der Waals surface area contributed by atoms with Gasteiger partial charge in [-0.3, -0.25) is 4.79 Å². The monoisotopic (exact) mass is 548 g/mol. The van der Waals surface area contributed by atoms with E-state index in [9.17, 15) is 4.79 Å². The van der Waals surface area contributed by atoms with Gasteiger partial charge in [0.05, 0.1) is 33.9 Å². The van der Waals surface area contributed by atoms with Crippen molar-refractivity contribution in [1.82, 2.24) is 5.43 Å². The van der Waals surface area contributed by atoms with Gasteiger partial charge in [0, 0.05) is 0 Å². The summed E-state index contributed by atoms with van der Waals surface area (Å²) >= 11 is 10.1. The van der Waals surface area contributed by atoms with Gasteiger partial charge < -0.3 is 14.2 Å². The van der Waals surface area contributed by atoms with E-state index in [2.05, 4.69) is 58.3 Å². The Bertz CT molecular complexity index is 805. The van der Waals surface area contributed by atoms with Crippen molar-refractivity contribution in [2.45, 2.75) is 0 Å². The third-order valence-electron chi connectivity index (χ3n) is 3.13. The average Bonchev–Trinajstić information content (AvgIpc) is 2.61. The summed E-state index contributed by atoms with van der Waals surface area (Å²) in [4.78, 5) is 11.9. The molecule has 0 atom stereocenters. The largest absolute Gasteiger partial charge is 0.497 e. The fourth-order valence-electron chi connectivity index (χ4n) is 1.90. The summed E-state index contributed by atoms with van der Waals surface area (Å²) in [6.07, 6.45) is 1.53. The van der Waals surface area contributed by atoms with Crippen LogP contribution in [0.5, 0.6) is 17.2 Å². The van der Waals surface area contributed by atoms with Crippen LogP contribution in [0.1, 0.15) is 5.56 Å². The number of hydrogen-bond acceptors (Lipinski definition) is 5. The van der Waals surface area contributed by atoms with Crippen molar-refractivity contribution in [1.29, 1.82) is 0 Å². The second-order valence-electron chi connectivity index (χ2n) is 4.90. The molecule has 138 valence electrons. The van der Waals surface area contributed by atoms with Gasteiger partial charge in [-0.1, -0.05) is 0 Å². The molecule has 0 aromatic heterocycles. The number of nitrogens with zero attached hydrogens (tertiary/aromatic N) is 1. The molecule has 0 aliphatic heterocycles. The Morgan fingerprint density at radius 1 is 1.08 bits per heavy atom. The molecule has 0 aliphatic rings. The van der Waals surface area contributed by atoms with Crippen molar-refractivity contribution in [2.75, 3.05) is 20.8 Å². The van der Waals surface area contributed by atoms with E-state index in [1.807, 2.05) is 12.1 Å². The zero-order valence-electron chi connectivity index (χ0n) is 13.9. The van der Waals surface area contributed by atoms with Gasteiger partial charge in [-0.15, -0.1) is 0 Å². The Labute approximate surface area is 176 Å². The lowest BCUT2D eigenvalue weighted by atomic mass is 10.2. The van der Waals surface area contributed by atoms with Gasteiger partial charge in [0.15, 0.2) is 6.61 Å². The van der Waals surface area contributed by atoms with Crippen LogP contribution < -0.4 is 19.6 Å². The topological polar surface area (TPSA) is 69.2 Å². The first kappa shape index (κ1) is 20.7. The average molecular weight is 551 g/mol. The van der Waals surface area contributed by atoms with E-state index in [0.717, 1.165) is 15.8 Å². The number of carbonyl (C=O) groups is 1. The number of methoxy groups -OCH3 is 2. The fraction of sp³-hybridized carbons (Fsp3) is 0.176. The van der Waals surface area contributed by atoms with E-state index in [1.54, 1.807) is 32.4 Å². The molecule has 0 saturated heterocycles.